The Labute approximate surface area is 83.5 Å². The Hall–Kier alpha value is -1.39. The van der Waals surface area contributed by atoms with Crippen molar-refractivity contribution in [3.05, 3.63) is 11.6 Å². The van der Waals surface area contributed by atoms with E-state index in [1.807, 2.05) is 11.6 Å². The van der Waals surface area contributed by atoms with Crippen LogP contribution in [0.25, 0.3) is 0 Å². The highest BCUT2D eigenvalue weighted by molar-refractivity contribution is 5.72. The molecule has 0 aromatic carbocycles. The number of aryl methyl sites for hydroxylation is 1. The van der Waals surface area contributed by atoms with E-state index < -0.39 is 0 Å². The molecular formula is C9H16N4O. The van der Waals surface area contributed by atoms with Gasteiger partial charge < -0.3 is 9.88 Å². The Kier molecular flexibility index (Phi) is 3.62. The van der Waals surface area contributed by atoms with Crippen LogP contribution in [0, 0.1) is 0 Å². The summed E-state index contributed by atoms with van der Waals surface area (Å²) in [6, 6.07) is 0. The summed E-state index contributed by atoms with van der Waals surface area (Å²) < 4.78 is 1.93. The van der Waals surface area contributed by atoms with Crippen molar-refractivity contribution in [2.24, 2.45) is 7.05 Å². The lowest BCUT2D eigenvalue weighted by Gasteiger charge is -2.03. The Balaban J connectivity index is 2.64. The van der Waals surface area contributed by atoms with Crippen LogP contribution < -0.4 is 5.32 Å². The fraction of sp³-hybridized carbons (Fsp3) is 0.667. The number of hydrogen-bond acceptors (Lipinski definition) is 3. The first-order valence-corrected chi connectivity index (χ1v) is 4.76. The molecule has 0 unspecified atom stereocenters. The smallest absolute Gasteiger partial charge is 0.217 e. The molecule has 0 saturated carbocycles. The minimum absolute atomic E-state index is 0.0509. The Morgan fingerprint density at radius 3 is 2.64 bits per heavy atom. The van der Waals surface area contributed by atoms with Crippen molar-refractivity contribution in [3.8, 4) is 0 Å². The van der Waals surface area contributed by atoms with E-state index in [-0.39, 0.29) is 5.91 Å². The minimum Gasteiger partial charge on any atom is -0.349 e. The minimum atomic E-state index is -0.0509. The van der Waals surface area contributed by atoms with Gasteiger partial charge in [0.15, 0.2) is 5.82 Å². The van der Waals surface area contributed by atoms with Gasteiger partial charge in [0.25, 0.3) is 0 Å². The topological polar surface area (TPSA) is 59.8 Å². The zero-order chi connectivity index (χ0) is 10.6. The molecule has 5 heteroatoms. The van der Waals surface area contributed by atoms with Crippen LogP contribution in [0.15, 0.2) is 0 Å². The van der Waals surface area contributed by atoms with Crippen LogP contribution in [0.3, 0.4) is 0 Å². The number of rotatable bonds is 4. The first-order valence-electron chi connectivity index (χ1n) is 4.76. The van der Waals surface area contributed by atoms with Gasteiger partial charge in [0.05, 0.1) is 6.54 Å². The van der Waals surface area contributed by atoms with Gasteiger partial charge in [-0.2, -0.15) is 0 Å². The van der Waals surface area contributed by atoms with Gasteiger partial charge in [-0.3, -0.25) is 4.79 Å². The number of nitrogens with one attached hydrogen (secondary N) is 1. The second-order valence-electron chi connectivity index (χ2n) is 3.25. The number of aromatic nitrogens is 3. The van der Waals surface area contributed by atoms with Crippen molar-refractivity contribution in [2.75, 3.05) is 0 Å². The lowest BCUT2D eigenvalue weighted by molar-refractivity contribution is -0.119. The van der Waals surface area contributed by atoms with Gasteiger partial charge in [-0.25, -0.2) is 0 Å². The van der Waals surface area contributed by atoms with Gasteiger partial charge in [0, 0.05) is 20.4 Å². The number of carbonyl (C=O) groups is 1. The molecule has 0 aliphatic carbocycles. The monoisotopic (exact) mass is 196 g/mol. The van der Waals surface area contributed by atoms with E-state index in [0.29, 0.717) is 6.54 Å². The SMILES string of the molecule is CCCc1nnc(CNC(C)=O)n1C. The third kappa shape index (κ3) is 2.55. The number of hydrogen-bond donors (Lipinski definition) is 1. The van der Waals surface area contributed by atoms with E-state index in [4.69, 9.17) is 0 Å². The highest BCUT2D eigenvalue weighted by atomic mass is 16.1. The number of nitrogens with zero attached hydrogens (tertiary/aromatic N) is 3. The molecule has 0 bridgehead atoms. The fourth-order valence-electron chi connectivity index (χ4n) is 1.20. The van der Waals surface area contributed by atoms with Gasteiger partial charge in [-0.1, -0.05) is 6.92 Å². The molecule has 1 amide bonds. The fourth-order valence-corrected chi connectivity index (χ4v) is 1.20. The van der Waals surface area contributed by atoms with Crippen LogP contribution in [0.2, 0.25) is 0 Å². The summed E-state index contributed by atoms with van der Waals surface area (Å²) in [5, 5.41) is 10.7. The highest BCUT2D eigenvalue weighted by Crippen LogP contribution is 2.01. The molecule has 0 radical (unpaired) electrons. The maximum Gasteiger partial charge on any atom is 0.217 e. The molecule has 1 N–H and O–H groups in total. The van der Waals surface area contributed by atoms with Crippen molar-refractivity contribution in [1.29, 1.82) is 0 Å². The van der Waals surface area contributed by atoms with Crippen LogP contribution >= 0.6 is 0 Å². The molecule has 0 aliphatic rings. The molecule has 1 rings (SSSR count). The lowest BCUT2D eigenvalue weighted by Crippen LogP contribution is -2.21. The summed E-state index contributed by atoms with van der Waals surface area (Å²) in [6.07, 6.45) is 1.97. The van der Waals surface area contributed by atoms with Gasteiger partial charge >= 0.3 is 0 Å². The summed E-state index contributed by atoms with van der Waals surface area (Å²) >= 11 is 0. The molecule has 0 spiro atoms. The third-order valence-corrected chi connectivity index (χ3v) is 2.02. The summed E-state index contributed by atoms with van der Waals surface area (Å²) in [5.74, 6) is 1.71. The van der Waals surface area contributed by atoms with Crippen LogP contribution in [-0.2, 0) is 24.8 Å². The molecular weight excluding hydrogens is 180 g/mol. The quantitative estimate of drug-likeness (QED) is 0.758. The second kappa shape index (κ2) is 4.74. The molecule has 1 aromatic heterocycles. The van der Waals surface area contributed by atoms with Crippen LogP contribution in [-0.4, -0.2) is 20.7 Å². The zero-order valence-corrected chi connectivity index (χ0v) is 8.87. The molecule has 0 aliphatic heterocycles. The Morgan fingerprint density at radius 1 is 1.43 bits per heavy atom. The maximum atomic E-state index is 10.7. The zero-order valence-electron chi connectivity index (χ0n) is 8.87. The molecule has 1 aromatic rings. The predicted molar refractivity (Wildman–Crippen MR) is 52.5 cm³/mol. The van der Waals surface area contributed by atoms with E-state index >= 15 is 0 Å². The Morgan fingerprint density at radius 2 is 2.07 bits per heavy atom. The maximum absolute atomic E-state index is 10.7. The van der Waals surface area contributed by atoms with Crippen LogP contribution in [0.4, 0.5) is 0 Å². The van der Waals surface area contributed by atoms with Crippen molar-refractivity contribution in [2.45, 2.75) is 33.2 Å². The van der Waals surface area contributed by atoms with Crippen molar-refractivity contribution >= 4 is 5.91 Å². The third-order valence-electron chi connectivity index (χ3n) is 2.02. The molecule has 14 heavy (non-hydrogen) atoms. The molecule has 0 fully saturated rings. The molecule has 5 nitrogen and oxygen atoms in total. The van der Waals surface area contributed by atoms with Gasteiger partial charge in [-0.15, -0.1) is 10.2 Å². The molecule has 1 heterocycles. The van der Waals surface area contributed by atoms with Crippen molar-refractivity contribution in [1.82, 2.24) is 20.1 Å². The van der Waals surface area contributed by atoms with E-state index in [2.05, 4.69) is 22.4 Å². The van der Waals surface area contributed by atoms with Crippen molar-refractivity contribution < 1.29 is 4.79 Å². The number of carbonyl (C=O) groups excluding carboxylic acids is 1. The van der Waals surface area contributed by atoms with E-state index in [0.717, 1.165) is 24.5 Å². The van der Waals surface area contributed by atoms with E-state index in [1.54, 1.807) is 0 Å². The largest absolute Gasteiger partial charge is 0.349 e. The average molecular weight is 196 g/mol. The Bertz CT molecular complexity index is 319. The number of amides is 1. The van der Waals surface area contributed by atoms with E-state index in [9.17, 15) is 4.79 Å². The van der Waals surface area contributed by atoms with Crippen LogP contribution in [0.5, 0.6) is 0 Å². The van der Waals surface area contributed by atoms with E-state index in [1.165, 1.54) is 6.92 Å². The summed E-state index contributed by atoms with van der Waals surface area (Å²) in [4.78, 5) is 10.7. The van der Waals surface area contributed by atoms with Gasteiger partial charge in [0.1, 0.15) is 5.82 Å². The average Bonchev–Trinajstić information content (AvgIpc) is 2.46. The first-order chi connectivity index (χ1) is 6.65. The predicted octanol–water partition coefficient (Wildman–Crippen LogP) is 0.404. The van der Waals surface area contributed by atoms with Crippen LogP contribution in [0.1, 0.15) is 31.9 Å². The lowest BCUT2D eigenvalue weighted by atomic mass is 10.3. The summed E-state index contributed by atoms with van der Waals surface area (Å²) in [5.41, 5.74) is 0. The first kappa shape index (κ1) is 10.7. The van der Waals surface area contributed by atoms with Gasteiger partial charge in [-0.05, 0) is 6.42 Å². The molecule has 0 atom stereocenters. The normalized spacial score (nSPS) is 10.2. The summed E-state index contributed by atoms with van der Waals surface area (Å²) in [7, 11) is 1.92. The van der Waals surface area contributed by atoms with Crippen molar-refractivity contribution in [3.63, 3.8) is 0 Å². The standard InChI is InChI=1S/C9H16N4O/c1-4-5-8-11-12-9(13(8)3)6-10-7(2)14/h4-6H2,1-3H3,(H,10,14). The highest BCUT2D eigenvalue weighted by Gasteiger charge is 2.07. The summed E-state index contributed by atoms with van der Waals surface area (Å²) in [6.45, 7) is 4.04. The molecule has 0 saturated heterocycles. The molecule has 78 valence electrons. The second-order valence-corrected chi connectivity index (χ2v) is 3.25. The van der Waals surface area contributed by atoms with Gasteiger partial charge in [0.2, 0.25) is 5.91 Å².